The van der Waals surface area contributed by atoms with Crippen LogP contribution in [-0.4, -0.2) is 66.3 Å². The molecular weight excluding hydrogens is 478 g/mol. The molecule has 0 radical (unpaired) electrons. The quantitative estimate of drug-likeness (QED) is 0.562. The van der Waals surface area contributed by atoms with Crippen LogP contribution in [0.1, 0.15) is 23.1 Å². The van der Waals surface area contributed by atoms with Crippen LogP contribution in [0.5, 0.6) is 0 Å². The SMILES string of the molecule is Cc1ccnc(Nc2cc(N3CCN(S(=O)(=O)c4cc5c6c(c4)CCN6C(=O)CC5)CC3)ncn2)c1. The fraction of sp³-hybridized carbons (Fsp3) is 0.360. The first-order chi connectivity index (χ1) is 17.4. The molecule has 10 nitrogen and oxygen atoms in total. The van der Waals surface area contributed by atoms with Gasteiger partial charge in [0.05, 0.1) is 10.6 Å². The van der Waals surface area contributed by atoms with Crippen LogP contribution in [0.3, 0.4) is 0 Å². The highest BCUT2D eigenvalue weighted by Crippen LogP contribution is 2.39. The molecule has 0 bridgehead atoms. The van der Waals surface area contributed by atoms with E-state index < -0.39 is 10.0 Å². The van der Waals surface area contributed by atoms with Gasteiger partial charge in [-0.1, -0.05) is 0 Å². The van der Waals surface area contributed by atoms with Gasteiger partial charge in [-0.25, -0.2) is 23.4 Å². The summed E-state index contributed by atoms with van der Waals surface area (Å²) in [6.07, 6.45) is 4.97. The van der Waals surface area contributed by atoms with Crippen molar-refractivity contribution in [3.8, 4) is 0 Å². The Kier molecular flexibility index (Phi) is 5.60. The van der Waals surface area contributed by atoms with Crippen LogP contribution in [0.15, 0.2) is 47.8 Å². The second-order valence-corrected chi connectivity index (χ2v) is 11.3. The van der Waals surface area contributed by atoms with Crippen LogP contribution in [0.4, 0.5) is 23.1 Å². The normalized spacial score (nSPS) is 17.9. The Morgan fingerprint density at radius 2 is 1.61 bits per heavy atom. The van der Waals surface area contributed by atoms with Gasteiger partial charge in [-0.05, 0) is 60.7 Å². The van der Waals surface area contributed by atoms with Gasteiger partial charge in [0, 0.05) is 51.4 Å². The third-order valence-corrected chi connectivity index (χ3v) is 8.93. The van der Waals surface area contributed by atoms with E-state index in [0.717, 1.165) is 28.2 Å². The molecular formula is C25H27N7O3S. The van der Waals surface area contributed by atoms with Crippen molar-refractivity contribution < 1.29 is 13.2 Å². The van der Waals surface area contributed by atoms with E-state index in [9.17, 15) is 13.2 Å². The van der Waals surface area contributed by atoms with Gasteiger partial charge >= 0.3 is 0 Å². The van der Waals surface area contributed by atoms with E-state index in [1.54, 1.807) is 22.6 Å². The van der Waals surface area contributed by atoms with Gasteiger partial charge in [-0.3, -0.25) is 4.79 Å². The molecule has 1 N–H and O–H groups in total. The van der Waals surface area contributed by atoms with E-state index in [0.29, 0.717) is 68.5 Å². The summed E-state index contributed by atoms with van der Waals surface area (Å²) in [5.41, 5.74) is 3.95. The minimum Gasteiger partial charge on any atom is -0.354 e. The van der Waals surface area contributed by atoms with E-state index in [1.807, 2.05) is 30.0 Å². The number of aromatic nitrogens is 3. The zero-order chi connectivity index (χ0) is 24.9. The summed E-state index contributed by atoms with van der Waals surface area (Å²) in [6, 6.07) is 9.26. The van der Waals surface area contributed by atoms with Crippen LogP contribution >= 0.6 is 0 Å². The van der Waals surface area contributed by atoms with Crippen molar-refractivity contribution in [1.29, 1.82) is 0 Å². The fourth-order valence-electron chi connectivity index (χ4n) is 5.21. The summed E-state index contributed by atoms with van der Waals surface area (Å²) >= 11 is 0. The lowest BCUT2D eigenvalue weighted by atomic mass is 10.00. The third-order valence-electron chi connectivity index (χ3n) is 7.05. The molecule has 0 unspecified atom stereocenters. The number of carbonyl (C=O) groups is 1. The summed E-state index contributed by atoms with van der Waals surface area (Å²) < 4.78 is 28.6. The van der Waals surface area contributed by atoms with Gasteiger partial charge in [-0.15, -0.1) is 0 Å². The predicted molar refractivity (Wildman–Crippen MR) is 136 cm³/mol. The van der Waals surface area contributed by atoms with Gasteiger partial charge in [-0.2, -0.15) is 4.31 Å². The Morgan fingerprint density at radius 1 is 0.861 bits per heavy atom. The van der Waals surface area contributed by atoms with Gasteiger partial charge in [0.15, 0.2) is 0 Å². The molecule has 36 heavy (non-hydrogen) atoms. The molecule has 3 aromatic rings. The monoisotopic (exact) mass is 505 g/mol. The maximum atomic E-state index is 13.5. The number of anilines is 4. The van der Waals surface area contributed by atoms with Crippen molar-refractivity contribution >= 4 is 39.1 Å². The number of nitrogens with zero attached hydrogens (tertiary/aromatic N) is 6. The van der Waals surface area contributed by atoms with E-state index in [1.165, 1.54) is 6.33 Å². The van der Waals surface area contributed by atoms with Crippen LogP contribution < -0.4 is 15.1 Å². The summed E-state index contributed by atoms with van der Waals surface area (Å²) in [5.74, 6) is 2.21. The van der Waals surface area contributed by atoms with Crippen molar-refractivity contribution in [2.24, 2.45) is 0 Å². The molecule has 6 rings (SSSR count). The number of carbonyl (C=O) groups excluding carboxylic acids is 1. The minimum atomic E-state index is -3.63. The molecule has 0 saturated carbocycles. The Labute approximate surface area is 210 Å². The first-order valence-corrected chi connectivity index (χ1v) is 13.6. The number of hydrogen-bond donors (Lipinski definition) is 1. The molecule has 1 saturated heterocycles. The predicted octanol–water partition coefficient (Wildman–Crippen LogP) is 2.27. The Balaban J connectivity index is 1.16. The number of rotatable bonds is 5. The molecule has 3 aliphatic heterocycles. The van der Waals surface area contributed by atoms with Crippen molar-refractivity contribution in [3.63, 3.8) is 0 Å². The lowest BCUT2D eigenvalue weighted by molar-refractivity contribution is -0.118. The van der Waals surface area contributed by atoms with Crippen molar-refractivity contribution in [2.45, 2.75) is 31.1 Å². The number of hydrogen-bond acceptors (Lipinski definition) is 8. The molecule has 186 valence electrons. The average molecular weight is 506 g/mol. The second kappa shape index (κ2) is 8.82. The summed E-state index contributed by atoms with van der Waals surface area (Å²) in [5, 5.41) is 3.20. The van der Waals surface area contributed by atoms with Crippen LogP contribution in [-0.2, 0) is 27.7 Å². The fourth-order valence-corrected chi connectivity index (χ4v) is 6.73. The first kappa shape index (κ1) is 22.9. The highest BCUT2D eigenvalue weighted by atomic mass is 32.2. The van der Waals surface area contributed by atoms with Crippen molar-refractivity contribution in [3.05, 3.63) is 59.5 Å². The number of pyridine rings is 1. The Bertz CT molecular complexity index is 1450. The van der Waals surface area contributed by atoms with Crippen LogP contribution in [0.2, 0.25) is 0 Å². The molecule has 0 atom stereocenters. The Hall–Kier alpha value is -3.57. The topological polar surface area (TPSA) is 112 Å². The average Bonchev–Trinajstić information content (AvgIpc) is 3.32. The Morgan fingerprint density at radius 3 is 2.39 bits per heavy atom. The number of piperazine rings is 1. The van der Waals surface area contributed by atoms with Gasteiger partial charge in [0.2, 0.25) is 15.9 Å². The molecule has 1 aromatic carbocycles. The zero-order valence-corrected chi connectivity index (χ0v) is 20.8. The smallest absolute Gasteiger partial charge is 0.243 e. The second-order valence-electron chi connectivity index (χ2n) is 9.38. The summed E-state index contributed by atoms with van der Waals surface area (Å²) in [7, 11) is -3.63. The van der Waals surface area contributed by atoms with Crippen LogP contribution in [0, 0.1) is 6.92 Å². The summed E-state index contributed by atoms with van der Waals surface area (Å²) in [6.45, 7) is 4.42. The van der Waals surface area contributed by atoms with E-state index in [-0.39, 0.29) is 5.91 Å². The number of amides is 1. The van der Waals surface area contributed by atoms with E-state index in [4.69, 9.17) is 0 Å². The van der Waals surface area contributed by atoms with Crippen LogP contribution in [0.25, 0.3) is 0 Å². The number of benzene rings is 1. The molecule has 1 amide bonds. The van der Waals surface area contributed by atoms with E-state index in [2.05, 4.69) is 25.2 Å². The number of sulfonamides is 1. The van der Waals surface area contributed by atoms with E-state index >= 15 is 0 Å². The maximum absolute atomic E-state index is 13.5. The first-order valence-electron chi connectivity index (χ1n) is 12.1. The van der Waals surface area contributed by atoms with Gasteiger partial charge in [0.1, 0.15) is 23.8 Å². The highest BCUT2D eigenvalue weighted by molar-refractivity contribution is 7.89. The maximum Gasteiger partial charge on any atom is 0.243 e. The molecule has 11 heteroatoms. The molecule has 5 heterocycles. The van der Waals surface area contributed by atoms with Crippen molar-refractivity contribution in [1.82, 2.24) is 19.3 Å². The molecule has 3 aliphatic rings. The lowest BCUT2D eigenvalue weighted by Gasteiger charge is -2.35. The molecule has 2 aromatic heterocycles. The minimum absolute atomic E-state index is 0.131. The lowest BCUT2D eigenvalue weighted by Crippen LogP contribution is -2.49. The highest BCUT2D eigenvalue weighted by Gasteiger charge is 2.35. The number of aryl methyl sites for hydroxylation is 2. The molecule has 0 aliphatic carbocycles. The summed E-state index contributed by atoms with van der Waals surface area (Å²) in [4.78, 5) is 29.4. The molecule has 1 fully saturated rings. The standard InChI is InChI=1S/C25H27N7O3S/c1-17-4-6-26-21(12-17)29-22-15-23(28-16-27-22)30-8-10-31(11-9-30)36(34,35)20-13-18-2-3-24(33)32-7-5-19(14-20)25(18)32/h4,6,12-16H,2-3,5,7-11H2,1H3,(H,26,27,28,29). The molecule has 0 spiro atoms. The van der Waals surface area contributed by atoms with Gasteiger partial charge < -0.3 is 15.1 Å². The van der Waals surface area contributed by atoms with Gasteiger partial charge in [0.25, 0.3) is 0 Å². The third kappa shape index (κ3) is 4.07. The largest absolute Gasteiger partial charge is 0.354 e. The zero-order valence-electron chi connectivity index (χ0n) is 20.0. The number of nitrogens with one attached hydrogen (secondary N) is 1. The van der Waals surface area contributed by atoms with Crippen molar-refractivity contribution in [2.75, 3.05) is 47.8 Å².